The summed E-state index contributed by atoms with van der Waals surface area (Å²) >= 11 is 2.06. The first kappa shape index (κ1) is 19.7. The lowest BCUT2D eigenvalue weighted by atomic mass is 9.98. The number of hydrogen-bond donors (Lipinski definition) is 0. The molecular weight excluding hydrogens is 467 g/mol. The normalized spacial score (nSPS) is 17.7. The summed E-state index contributed by atoms with van der Waals surface area (Å²) in [6.45, 7) is 0.151. The fraction of sp³-hybridized carbons (Fsp3) is 0.300. The molecule has 0 aliphatic carbocycles. The predicted molar refractivity (Wildman–Crippen MR) is 105 cm³/mol. The molecule has 27 heavy (non-hydrogen) atoms. The molecule has 0 saturated carbocycles. The van der Waals surface area contributed by atoms with Crippen LogP contribution in [0.15, 0.2) is 48.5 Å². The Morgan fingerprint density at radius 1 is 1.15 bits per heavy atom. The van der Waals surface area contributed by atoms with E-state index in [1.807, 2.05) is 30.3 Å². The highest BCUT2D eigenvalue weighted by atomic mass is 127. The molecule has 0 N–H and O–H groups in total. The van der Waals surface area contributed by atoms with Crippen LogP contribution in [0.5, 0.6) is 0 Å². The third-order valence-corrected chi connectivity index (χ3v) is 5.58. The van der Waals surface area contributed by atoms with Gasteiger partial charge in [0, 0.05) is 4.43 Å². The number of cyclic esters (lactones) is 1. The molecule has 2 atom stereocenters. The van der Waals surface area contributed by atoms with Crippen molar-refractivity contribution < 1.29 is 23.1 Å². The Balaban J connectivity index is 1.75. The monoisotopic (exact) mass is 485 g/mol. The summed E-state index contributed by atoms with van der Waals surface area (Å²) < 4.78 is 32.1. The maximum absolute atomic E-state index is 13.5. The number of imide groups is 1. The lowest BCUT2D eigenvalue weighted by Crippen LogP contribution is -2.44. The number of hydrogen-bond acceptors (Lipinski definition) is 3. The van der Waals surface area contributed by atoms with Gasteiger partial charge in [0.15, 0.2) is 11.6 Å². The molecule has 0 unspecified atom stereocenters. The highest BCUT2D eigenvalue weighted by molar-refractivity contribution is 14.1. The number of benzene rings is 2. The smallest absolute Gasteiger partial charge is 0.416 e. The molecule has 1 saturated heterocycles. The van der Waals surface area contributed by atoms with Crippen molar-refractivity contribution in [1.82, 2.24) is 4.90 Å². The van der Waals surface area contributed by atoms with Crippen LogP contribution in [0.1, 0.15) is 11.1 Å². The zero-order chi connectivity index (χ0) is 19.4. The van der Waals surface area contributed by atoms with Crippen molar-refractivity contribution in [3.05, 3.63) is 71.3 Å². The second-order valence-corrected chi connectivity index (χ2v) is 7.31. The average Bonchev–Trinajstić information content (AvgIpc) is 3.03. The average molecular weight is 485 g/mol. The van der Waals surface area contributed by atoms with Gasteiger partial charge in [-0.25, -0.2) is 18.5 Å². The minimum absolute atomic E-state index is 0.151. The second-order valence-electron chi connectivity index (χ2n) is 6.43. The fourth-order valence-electron chi connectivity index (χ4n) is 3.12. The van der Waals surface area contributed by atoms with E-state index in [0.29, 0.717) is 16.4 Å². The first-order valence-electron chi connectivity index (χ1n) is 8.53. The molecular formula is C20H18F2INO3. The van der Waals surface area contributed by atoms with Crippen molar-refractivity contribution >= 4 is 34.6 Å². The van der Waals surface area contributed by atoms with Gasteiger partial charge in [-0.05, 0) is 36.1 Å². The zero-order valence-electron chi connectivity index (χ0n) is 14.4. The van der Waals surface area contributed by atoms with Crippen LogP contribution in [0.4, 0.5) is 13.6 Å². The van der Waals surface area contributed by atoms with E-state index in [1.54, 1.807) is 0 Å². The Morgan fingerprint density at radius 3 is 2.56 bits per heavy atom. The Kier molecular flexibility index (Phi) is 6.41. The molecule has 142 valence electrons. The lowest BCUT2D eigenvalue weighted by molar-refractivity contribution is -0.132. The molecule has 3 rings (SSSR count). The molecule has 7 heteroatoms. The molecule has 2 aromatic rings. The Morgan fingerprint density at radius 2 is 1.89 bits per heavy atom. The number of rotatable bonds is 6. The molecule has 2 amide bonds. The van der Waals surface area contributed by atoms with Crippen LogP contribution < -0.4 is 0 Å². The van der Waals surface area contributed by atoms with Crippen molar-refractivity contribution in [1.29, 1.82) is 0 Å². The van der Waals surface area contributed by atoms with Gasteiger partial charge in [0.1, 0.15) is 6.61 Å². The SMILES string of the molecule is O=C1OC[C@@H](Cc2ccccc2)N1C(=O)[C@H](CI)Cc1ccc(F)c(F)c1. The number of amides is 2. The van der Waals surface area contributed by atoms with Gasteiger partial charge in [0.2, 0.25) is 5.91 Å². The quantitative estimate of drug-likeness (QED) is 0.457. The first-order chi connectivity index (χ1) is 13.0. The number of nitrogens with zero attached hydrogens (tertiary/aromatic N) is 1. The van der Waals surface area contributed by atoms with Crippen LogP contribution >= 0.6 is 22.6 Å². The topological polar surface area (TPSA) is 46.6 Å². The van der Waals surface area contributed by atoms with Crippen LogP contribution in [0, 0.1) is 17.6 Å². The molecule has 1 aliphatic heterocycles. The maximum atomic E-state index is 13.5. The van der Waals surface area contributed by atoms with E-state index in [9.17, 15) is 18.4 Å². The first-order valence-corrected chi connectivity index (χ1v) is 10.1. The van der Waals surface area contributed by atoms with E-state index in [4.69, 9.17) is 4.74 Å². The van der Waals surface area contributed by atoms with Crippen molar-refractivity contribution in [2.45, 2.75) is 18.9 Å². The van der Waals surface area contributed by atoms with Gasteiger partial charge in [-0.2, -0.15) is 0 Å². The molecule has 1 heterocycles. The molecule has 2 aromatic carbocycles. The van der Waals surface area contributed by atoms with Crippen molar-refractivity contribution in [2.75, 3.05) is 11.0 Å². The van der Waals surface area contributed by atoms with Gasteiger partial charge < -0.3 is 4.74 Å². The number of carbonyl (C=O) groups is 2. The zero-order valence-corrected chi connectivity index (χ0v) is 16.6. The van der Waals surface area contributed by atoms with Crippen LogP contribution in [0.25, 0.3) is 0 Å². The van der Waals surface area contributed by atoms with Crippen molar-refractivity contribution in [3.63, 3.8) is 0 Å². The molecule has 0 spiro atoms. The van der Waals surface area contributed by atoms with E-state index in [0.717, 1.165) is 17.7 Å². The minimum atomic E-state index is -0.949. The predicted octanol–water partition coefficient (Wildman–Crippen LogP) is 4.15. The Labute approximate surface area is 169 Å². The van der Waals surface area contributed by atoms with Crippen LogP contribution in [-0.2, 0) is 22.4 Å². The van der Waals surface area contributed by atoms with Gasteiger partial charge in [-0.1, -0.05) is 59.0 Å². The number of alkyl halides is 1. The summed E-state index contributed by atoms with van der Waals surface area (Å²) in [7, 11) is 0. The van der Waals surface area contributed by atoms with Gasteiger partial charge in [0.25, 0.3) is 0 Å². The highest BCUT2D eigenvalue weighted by Gasteiger charge is 2.40. The van der Waals surface area contributed by atoms with Gasteiger partial charge in [0.05, 0.1) is 12.0 Å². The van der Waals surface area contributed by atoms with E-state index in [-0.39, 0.29) is 25.0 Å². The van der Waals surface area contributed by atoms with E-state index in [2.05, 4.69) is 22.6 Å². The fourth-order valence-corrected chi connectivity index (χ4v) is 3.81. The lowest BCUT2D eigenvalue weighted by Gasteiger charge is -2.24. The van der Waals surface area contributed by atoms with Crippen molar-refractivity contribution in [2.24, 2.45) is 5.92 Å². The Bertz CT molecular complexity index is 831. The molecule has 0 bridgehead atoms. The van der Waals surface area contributed by atoms with E-state index < -0.39 is 23.6 Å². The summed E-state index contributed by atoms with van der Waals surface area (Å²) in [6, 6.07) is 12.8. The van der Waals surface area contributed by atoms with Crippen LogP contribution in [-0.4, -0.2) is 34.0 Å². The van der Waals surface area contributed by atoms with Crippen LogP contribution in [0.2, 0.25) is 0 Å². The van der Waals surface area contributed by atoms with E-state index >= 15 is 0 Å². The Hall–Kier alpha value is -2.03. The molecule has 4 nitrogen and oxygen atoms in total. The summed E-state index contributed by atoms with van der Waals surface area (Å²) in [4.78, 5) is 26.3. The number of carbonyl (C=O) groups excluding carboxylic acids is 2. The third-order valence-electron chi connectivity index (χ3n) is 4.51. The third kappa shape index (κ3) is 4.63. The van der Waals surface area contributed by atoms with Gasteiger partial charge in [-0.15, -0.1) is 0 Å². The minimum Gasteiger partial charge on any atom is -0.447 e. The number of halogens is 3. The summed E-state index contributed by atoms with van der Waals surface area (Å²) in [5.74, 6) is -2.76. The maximum Gasteiger partial charge on any atom is 0.416 e. The standard InChI is InChI=1S/C20H18F2INO3/c21-17-7-6-14(10-18(17)22)8-15(11-23)19(25)24-16(12-27-20(24)26)9-13-4-2-1-3-5-13/h1-7,10,15-16H,8-9,11-12H2/t15-,16+/m0/s1. The summed E-state index contributed by atoms with van der Waals surface area (Å²) in [6.07, 6.45) is 0.0826. The highest BCUT2D eigenvalue weighted by Crippen LogP contribution is 2.23. The number of ether oxygens (including phenoxy) is 1. The van der Waals surface area contributed by atoms with Crippen molar-refractivity contribution in [3.8, 4) is 0 Å². The van der Waals surface area contributed by atoms with Crippen LogP contribution in [0.3, 0.4) is 0 Å². The summed E-state index contributed by atoms with van der Waals surface area (Å²) in [5.41, 5.74) is 1.52. The largest absolute Gasteiger partial charge is 0.447 e. The summed E-state index contributed by atoms with van der Waals surface area (Å²) in [5, 5.41) is 0. The van der Waals surface area contributed by atoms with Gasteiger partial charge >= 0.3 is 6.09 Å². The molecule has 0 aromatic heterocycles. The molecule has 0 radical (unpaired) electrons. The van der Waals surface area contributed by atoms with Gasteiger partial charge in [-0.3, -0.25) is 4.79 Å². The second kappa shape index (κ2) is 8.77. The molecule has 1 fully saturated rings. The van der Waals surface area contributed by atoms with E-state index in [1.165, 1.54) is 11.0 Å². The molecule has 1 aliphatic rings.